The number of aromatic nitrogens is 1. The first kappa shape index (κ1) is 18.5. The van der Waals surface area contributed by atoms with Crippen LogP contribution in [0.5, 0.6) is 11.5 Å². The topological polar surface area (TPSA) is 57.5 Å². The fourth-order valence-electron chi connectivity index (χ4n) is 4.65. The molecule has 0 radical (unpaired) electrons. The number of ether oxygens (including phenoxy) is 2. The summed E-state index contributed by atoms with van der Waals surface area (Å²) in [5, 5.41) is 0. The van der Waals surface area contributed by atoms with Crippen LogP contribution in [0.1, 0.15) is 61.1 Å². The molecule has 5 heteroatoms. The maximum Gasteiger partial charge on any atom is 0.192 e. The van der Waals surface area contributed by atoms with Crippen LogP contribution in [0.15, 0.2) is 23.1 Å². The number of fused-ring (bicyclic) bond motifs is 5. The molecule has 1 fully saturated rings. The second-order valence-corrected chi connectivity index (χ2v) is 8.98. The summed E-state index contributed by atoms with van der Waals surface area (Å²) in [5.74, 6) is 2.54. The Bertz CT molecular complexity index is 1060. The molecule has 0 unspecified atom stereocenters. The molecule has 0 N–H and O–H groups in total. The van der Waals surface area contributed by atoms with Gasteiger partial charge in [0.15, 0.2) is 22.7 Å². The molecule has 0 saturated heterocycles. The Kier molecular flexibility index (Phi) is 4.30. The van der Waals surface area contributed by atoms with Gasteiger partial charge in [0.25, 0.3) is 0 Å². The lowest BCUT2D eigenvalue weighted by Gasteiger charge is -2.34. The predicted octanol–water partition coefficient (Wildman–Crippen LogP) is 4.19. The molecule has 0 bridgehead atoms. The third-order valence-corrected chi connectivity index (χ3v) is 6.47. The zero-order chi connectivity index (χ0) is 20.3. The van der Waals surface area contributed by atoms with Gasteiger partial charge in [-0.3, -0.25) is 9.59 Å². The van der Waals surface area contributed by atoms with Gasteiger partial charge in [-0.1, -0.05) is 13.8 Å². The van der Waals surface area contributed by atoms with Crippen LogP contribution in [0.4, 0.5) is 0 Å². The minimum absolute atomic E-state index is 0.184. The van der Waals surface area contributed by atoms with Crippen molar-refractivity contribution >= 4 is 5.78 Å². The molecular formula is C24H27NO4. The number of hydrogen-bond acceptors (Lipinski definition) is 4. The number of pyridine rings is 1. The number of Topliss-reactive ketones (excluding diaryl/α,β-unsaturated/α-hetero) is 1. The average Bonchev–Trinajstić information content (AvgIpc) is 3.38. The minimum atomic E-state index is -0.208. The van der Waals surface area contributed by atoms with Gasteiger partial charge in [0, 0.05) is 35.9 Å². The van der Waals surface area contributed by atoms with Crippen LogP contribution in [-0.4, -0.2) is 23.6 Å². The van der Waals surface area contributed by atoms with Crippen molar-refractivity contribution in [1.82, 2.24) is 4.57 Å². The lowest BCUT2D eigenvalue weighted by atomic mass is 9.84. The molecule has 152 valence electrons. The number of ketones is 1. The molecule has 1 saturated carbocycles. The second-order valence-electron chi connectivity index (χ2n) is 8.98. The molecule has 3 heterocycles. The monoisotopic (exact) mass is 393 g/mol. The van der Waals surface area contributed by atoms with Crippen LogP contribution in [0.25, 0.3) is 11.3 Å². The second kappa shape index (κ2) is 6.75. The van der Waals surface area contributed by atoms with E-state index in [1.54, 1.807) is 12.3 Å². The smallest absolute Gasteiger partial charge is 0.192 e. The summed E-state index contributed by atoms with van der Waals surface area (Å²) < 4.78 is 14.3. The maximum atomic E-state index is 12.7. The van der Waals surface area contributed by atoms with Gasteiger partial charge in [-0.05, 0) is 49.7 Å². The van der Waals surface area contributed by atoms with Crippen LogP contribution in [0.3, 0.4) is 0 Å². The number of rotatable bonds is 5. The number of carbonyl (C=O) groups is 1. The van der Waals surface area contributed by atoms with E-state index in [0.29, 0.717) is 18.4 Å². The predicted molar refractivity (Wildman–Crippen MR) is 111 cm³/mol. The Hall–Kier alpha value is -2.56. The van der Waals surface area contributed by atoms with Crippen molar-refractivity contribution in [3.8, 4) is 22.8 Å². The third kappa shape index (κ3) is 3.07. The Morgan fingerprint density at radius 1 is 1.31 bits per heavy atom. The van der Waals surface area contributed by atoms with E-state index in [0.717, 1.165) is 47.8 Å². The summed E-state index contributed by atoms with van der Waals surface area (Å²) in [7, 11) is 0. The summed E-state index contributed by atoms with van der Waals surface area (Å²) in [6.45, 7) is 7.22. The zero-order valence-electron chi connectivity index (χ0n) is 17.3. The van der Waals surface area contributed by atoms with Crippen LogP contribution < -0.4 is 14.9 Å². The van der Waals surface area contributed by atoms with E-state index in [2.05, 4.69) is 24.5 Å². The van der Waals surface area contributed by atoms with Crippen molar-refractivity contribution in [2.24, 2.45) is 11.8 Å². The van der Waals surface area contributed by atoms with Crippen LogP contribution in [0, 0.1) is 11.8 Å². The lowest BCUT2D eigenvalue weighted by molar-refractivity contribution is 0.101. The maximum absolute atomic E-state index is 12.7. The van der Waals surface area contributed by atoms with Gasteiger partial charge in [0.2, 0.25) is 0 Å². The molecule has 3 aliphatic rings. The first-order valence-corrected chi connectivity index (χ1v) is 10.7. The fraction of sp³-hybridized carbons (Fsp3) is 0.500. The van der Waals surface area contributed by atoms with Gasteiger partial charge in [-0.15, -0.1) is 0 Å². The molecule has 0 amide bonds. The van der Waals surface area contributed by atoms with E-state index in [4.69, 9.17) is 9.47 Å². The fourth-order valence-corrected chi connectivity index (χ4v) is 4.65. The van der Waals surface area contributed by atoms with Crippen molar-refractivity contribution in [2.75, 3.05) is 13.2 Å². The van der Waals surface area contributed by atoms with Crippen LogP contribution in [0.2, 0.25) is 0 Å². The largest absolute Gasteiger partial charge is 0.489 e. The highest BCUT2D eigenvalue weighted by molar-refractivity contribution is 5.94. The first-order chi connectivity index (χ1) is 13.9. The van der Waals surface area contributed by atoms with E-state index in [9.17, 15) is 9.59 Å². The van der Waals surface area contributed by atoms with Gasteiger partial charge in [-0.25, -0.2) is 0 Å². The number of benzene rings is 1. The van der Waals surface area contributed by atoms with E-state index in [1.165, 1.54) is 25.3 Å². The lowest BCUT2D eigenvalue weighted by Crippen LogP contribution is -2.28. The Morgan fingerprint density at radius 3 is 2.79 bits per heavy atom. The Morgan fingerprint density at radius 2 is 2.10 bits per heavy atom. The molecule has 29 heavy (non-hydrogen) atoms. The minimum Gasteiger partial charge on any atom is -0.489 e. The molecule has 5 rings (SSSR count). The molecule has 2 aromatic rings. The van der Waals surface area contributed by atoms with Gasteiger partial charge >= 0.3 is 0 Å². The normalized spacial score (nSPS) is 19.4. The van der Waals surface area contributed by atoms with Crippen molar-refractivity contribution in [3.05, 3.63) is 45.2 Å². The third-order valence-electron chi connectivity index (χ3n) is 6.47. The van der Waals surface area contributed by atoms with Crippen LogP contribution in [-0.2, 0) is 12.8 Å². The van der Waals surface area contributed by atoms with Crippen molar-refractivity contribution in [1.29, 1.82) is 0 Å². The average molecular weight is 393 g/mol. The molecule has 1 aromatic carbocycles. The zero-order valence-corrected chi connectivity index (χ0v) is 17.3. The SMILES string of the molecule is CC(=O)c1cn2c(cc1=O)-c1c(cc(OCC3CC3)c3c1CCO3)C[C@H]2C(C)C. The van der Waals surface area contributed by atoms with E-state index >= 15 is 0 Å². The van der Waals surface area contributed by atoms with Crippen molar-refractivity contribution in [2.45, 2.75) is 52.5 Å². The summed E-state index contributed by atoms with van der Waals surface area (Å²) in [4.78, 5) is 24.7. The van der Waals surface area contributed by atoms with Crippen LogP contribution >= 0.6 is 0 Å². The van der Waals surface area contributed by atoms with Crippen molar-refractivity contribution in [3.63, 3.8) is 0 Å². The highest BCUT2D eigenvalue weighted by Crippen LogP contribution is 2.48. The molecule has 5 nitrogen and oxygen atoms in total. The summed E-state index contributed by atoms with van der Waals surface area (Å²) >= 11 is 0. The van der Waals surface area contributed by atoms with E-state index in [1.807, 2.05) is 0 Å². The quantitative estimate of drug-likeness (QED) is 0.715. The number of carbonyl (C=O) groups excluding carboxylic acids is 1. The molecule has 2 aliphatic heterocycles. The summed E-state index contributed by atoms with van der Waals surface area (Å²) in [5.41, 5.74) is 4.41. The van der Waals surface area contributed by atoms with Gasteiger partial charge in [0.05, 0.1) is 24.5 Å². The summed E-state index contributed by atoms with van der Waals surface area (Å²) in [6, 6.07) is 3.96. The number of nitrogens with zero attached hydrogens (tertiary/aromatic N) is 1. The van der Waals surface area contributed by atoms with E-state index < -0.39 is 0 Å². The van der Waals surface area contributed by atoms with Crippen molar-refractivity contribution < 1.29 is 14.3 Å². The number of hydrogen-bond donors (Lipinski definition) is 0. The highest BCUT2D eigenvalue weighted by Gasteiger charge is 2.34. The van der Waals surface area contributed by atoms with Gasteiger partial charge in [-0.2, -0.15) is 0 Å². The molecule has 1 atom stereocenters. The van der Waals surface area contributed by atoms with Gasteiger partial charge in [0.1, 0.15) is 0 Å². The highest BCUT2D eigenvalue weighted by atomic mass is 16.5. The van der Waals surface area contributed by atoms with E-state index in [-0.39, 0.29) is 22.8 Å². The molecule has 1 aromatic heterocycles. The summed E-state index contributed by atoms with van der Waals surface area (Å²) in [6.07, 6.45) is 5.93. The standard InChI is InChI=1S/C24H27NO4/c1-13(2)19-8-16-9-22(29-12-15-4-5-15)24-17(6-7-28-24)23(16)20-10-21(27)18(14(3)26)11-25(19)20/h9-11,13,15,19H,4-8,12H2,1-3H3/t19-/m0/s1. The molecular weight excluding hydrogens is 366 g/mol. The first-order valence-electron chi connectivity index (χ1n) is 10.7. The Labute approximate surface area is 170 Å². The van der Waals surface area contributed by atoms with Gasteiger partial charge < -0.3 is 14.0 Å². The molecule has 1 aliphatic carbocycles. The molecule has 0 spiro atoms. The Balaban J connectivity index is 1.70.